The highest BCUT2D eigenvalue weighted by molar-refractivity contribution is 9.11. The zero-order valence-electron chi connectivity index (χ0n) is 12.3. The van der Waals surface area contributed by atoms with Crippen LogP contribution < -0.4 is 4.48 Å². The van der Waals surface area contributed by atoms with Crippen molar-refractivity contribution < 1.29 is 18.3 Å². The van der Waals surface area contributed by atoms with Crippen molar-refractivity contribution in [1.29, 1.82) is 0 Å². The molecule has 0 bridgehead atoms. The predicted molar refractivity (Wildman–Crippen MR) is 95.5 cm³/mol. The summed E-state index contributed by atoms with van der Waals surface area (Å²) >= 11 is 15.6. The van der Waals surface area contributed by atoms with Crippen molar-refractivity contribution in [3.05, 3.63) is 69.2 Å². The van der Waals surface area contributed by atoms with Gasteiger partial charge in [0, 0.05) is 17.7 Å². The summed E-state index contributed by atoms with van der Waals surface area (Å²) in [6, 6.07) is 6.58. The summed E-state index contributed by atoms with van der Waals surface area (Å²) < 4.78 is 42.0. The van der Waals surface area contributed by atoms with Crippen molar-refractivity contribution in [3.8, 4) is 0 Å². The van der Waals surface area contributed by atoms with E-state index in [4.69, 9.17) is 23.2 Å². The zero-order valence-corrected chi connectivity index (χ0v) is 15.4. The Balaban J connectivity index is 2.49. The number of quaternary nitrogens is 1. The van der Waals surface area contributed by atoms with E-state index in [0.717, 1.165) is 24.3 Å². The van der Waals surface area contributed by atoms with Crippen molar-refractivity contribution in [2.45, 2.75) is 0 Å². The first-order chi connectivity index (χ1) is 11.8. The first-order valence-electron chi connectivity index (χ1n) is 6.88. The van der Waals surface area contributed by atoms with E-state index in [1.807, 2.05) is 0 Å². The van der Waals surface area contributed by atoms with Gasteiger partial charge < -0.3 is 5.11 Å². The van der Waals surface area contributed by atoms with Gasteiger partial charge in [0.25, 0.3) is 0 Å². The van der Waals surface area contributed by atoms with E-state index in [2.05, 4.69) is 20.9 Å². The number of aliphatic hydroxyl groups excluding tert-OH is 1. The highest BCUT2D eigenvalue weighted by atomic mass is 79.9. The number of nitrogens with zero attached hydrogens (tertiary/aromatic N) is 2. The van der Waals surface area contributed by atoms with E-state index in [9.17, 15) is 18.3 Å². The van der Waals surface area contributed by atoms with Crippen molar-refractivity contribution in [1.82, 2.24) is 4.48 Å². The Morgan fingerprint density at radius 2 is 1.72 bits per heavy atom. The summed E-state index contributed by atoms with van der Waals surface area (Å²) in [6.07, 6.45) is 0. The Bertz CT molecular complexity index is 915. The van der Waals surface area contributed by atoms with E-state index in [-0.39, 0.29) is 26.3 Å². The summed E-state index contributed by atoms with van der Waals surface area (Å²) in [5.74, 6) is -2.49. The van der Waals surface area contributed by atoms with Crippen molar-refractivity contribution >= 4 is 55.8 Å². The Kier molecular flexibility index (Phi) is 4.96. The first-order valence-corrected chi connectivity index (χ1v) is 8.43. The maximum absolute atomic E-state index is 14.6. The lowest BCUT2D eigenvalue weighted by Crippen LogP contribution is -2.47. The fraction of sp³-hybridized carbons (Fsp3) is 0.0625. The third kappa shape index (κ3) is 2.71. The molecule has 1 aliphatic heterocycles. The van der Waals surface area contributed by atoms with Crippen LogP contribution in [-0.2, 0) is 0 Å². The molecule has 0 spiro atoms. The number of hydrogen-bond acceptors (Lipinski definition) is 2. The number of halogens is 6. The van der Waals surface area contributed by atoms with Crippen LogP contribution in [-0.4, -0.2) is 17.0 Å². The molecule has 1 atom stereocenters. The van der Waals surface area contributed by atoms with E-state index in [1.54, 1.807) is 0 Å². The summed E-state index contributed by atoms with van der Waals surface area (Å²) in [4.78, 5) is 4.00. The molecule has 0 amide bonds. The van der Waals surface area contributed by atoms with Crippen LogP contribution in [0, 0.1) is 17.5 Å². The summed E-state index contributed by atoms with van der Waals surface area (Å²) in [6.45, 7) is -0.637. The number of amidine groups is 1. The largest absolute Gasteiger partial charge is 0.386 e. The monoisotopic (exact) mass is 451 g/mol. The number of benzene rings is 2. The quantitative estimate of drug-likeness (QED) is 0.479. The molecule has 0 aromatic heterocycles. The van der Waals surface area contributed by atoms with Crippen molar-refractivity contribution in [2.24, 2.45) is 4.99 Å². The molecule has 2 aromatic carbocycles. The number of rotatable bonds is 3. The molecule has 130 valence electrons. The first kappa shape index (κ1) is 18.4. The number of para-hydroxylation sites is 1. The van der Waals surface area contributed by atoms with Gasteiger partial charge in [-0.25, -0.2) is 13.2 Å². The third-order valence-electron chi connectivity index (χ3n) is 3.80. The van der Waals surface area contributed by atoms with E-state index < -0.39 is 34.2 Å². The topological polar surface area (TPSA) is 32.6 Å². The van der Waals surface area contributed by atoms with Gasteiger partial charge in [0.05, 0.1) is 0 Å². The fourth-order valence-corrected chi connectivity index (χ4v) is 4.11. The Labute approximate surface area is 159 Å². The van der Waals surface area contributed by atoms with Crippen molar-refractivity contribution in [2.75, 3.05) is 6.61 Å². The molecule has 1 N–H and O–H groups in total. The smallest absolute Gasteiger partial charge is 0.316 e. The van der Waals surface area contributed by atoms with Gasteiger partial charge in [0.2, 0.25) is 5.69 Å². The predicted octanol–water partition coefficient (Wildman–Crippen LogP) is 5.56. The van der Waals surface area contributed by atoms with E-state index in [1.165, 1.54) is 12.1 Å². The Hall–Kier alpha value is -1.38. The second kappa shape index (κ2) is 6.74. The third-order valence-corrected chi connectivity index (χ3v) is 5.08. The van der Waals surface area contributed by atoms with Gasteiger partial charge >= 0.3 is 5.29 Å². The summed E-state index contributed by atoms with van der Waals surface area (Å²) in [7, 11) is 0. The molecular weight excluding hydrogens is 444 g/mol. The van der Waals surface area contributed by atoms with Crippen LogP contribution in [0.3, 0.4) is 0 Å². The van der Waals surface area contributed by atoms with Crippen LogP contribution in [0.2, 0.25) is 5.02 Å². The molecule has 3 nitrogen and oxygen atoms in total. The normalized spacial score (nSPS) is 20.2. The maximum Gasteiger partial charge on any atom is 0.316 e. The molecule has 0 aliphatic carbocycles. The van der Waals surface area contributed by atoms with Crippen LogP contribution in [0.1, 0.15) is 0 Å². The van der Waals surface area contributed by atoms with Gasteiger partial charge in [-0.05, 0) is 40.2 Å². The van der Waals surface area contributed by atoms with Gasteiger partial charge in [0.1, 0.15) is 17.4 Å². The van der Waals surface area contributed by atoms with E-state index >= 15 is 0 Å². The lowest BCUT2D eigenvalue weighted by Gasteiger charge is -2.33. The van der Waals surface area contributed by atoms with Gasteiger partial charge in [-0.2, -0.15) is 9.48 Å². The second-order valence-corrected chi connectivity index (χ2v) is 6.61. The average molecular weight is 453 g/mol. The molecule has 2 aromatic rings. The molecule has 0 fully saturated rings. The summed E-state index contributed by atoms with van der Waals surface area (Å²) in [5, 5.41) is 9.42. The minimum absolute atomic E-state index is 0.0301. The molecule has 3 rings (SSSR count). The van der Waals surface area contributed by atoms with E-state index in [0.29, 0.717) is 0 Å². The molecule has 0 saturated carbocycles. The van der Waals surface area contributed by atoms with Gasteiger partial charge in [0.15, 0.2) is 27.6 Å². The number of aliphatic hydroxyl groups is 1. The Morgan fingerprint density at radius 1 is 1.08 bits per heavy atom. The highest BCUT2D eigenvalue weighted by Crippen LogP contribution is 2.51. The van der Waals surface area contributed by atoms with Crippen LogP contribution in [0.4, 0.5) is 24.5 Å². The lowest BCUT2D eigenvalue weighted by atomic mass is 10.1. The minimum atomic E-state index is -0.929. The fourth-order valence-electron chi connectivity index (χ4n) is 2.80. The molecule has 0 radical (unpaired) electrons. The van der Waals surface area contributed by atoms with Gasteiger partial charge in [-0.3, -0.25) is 0 Å². The van der Waals surface area contributed by atoms with Crippen LogP contribution in [0.15, 0.2) is 51.7 Å². The molecule has 1 heterocycles. The Morgan fingerprint density at radius 3 is 2.28 bits per heavy atom. The molecule has 1 unspecified atom stereocenters. The minimum Gasteiger partial charge on any atom is -0.386 e. The molecule has 0 saturated heterocycles. The molecule has 9 heteroatoms. The maximum atomic E-state index is 14.6. The van der Waals surface area contributed by atoms with Crippen LogP contribution >= 0.6 is 39.1 Å². The standard InChI is InChI=1S/C16H9BrCl2F3N2O/c17-15-13(7-25)24(16(19)23-15,12-5-4-8(20)6-9(12)18)14-10(21)2-1-3-11(14)22/h1-6,25H,7H2/q+1. The highest BCUT2D eigenvalue weighted by Gasteiger charge is 2.53. The van der Waals surface area contributed by atoms with Crippen LogP contribution in [0.25, 0.3) is 0 Å². The molecular formula is C16H9BrCl2F3N2O+. The lowest BCUT2D eigenvalue weighted by molar-refractivity contribution is 0.309. The van der Waals surface area contributed by atoms with Crippen LogP contribution in [0.5, 0.6) is 0 Å². The molecule has 25 heavy (non-hydrogen) atoms. The van der Waals surface area contributed by atoms with Crippen molar-refractivity contribution in [3.63, 3.8) is 0 Å². The van der Waals surface area contributed by atoms with Gasteiger partial charge in [-0.1, -0.05) is 17.7 Å². The summed E-state index contributed by atoms with van der Waals surface area (Å²) in [5.41, 5.74) is -0.440. The number of hydrogen-bond donors (Lipinski definition) is 1. The molecule has 1 aliphatic rings. The zero-order chi connectivity index (χ0) is 18.4. The average Bonchev–Trinajstić information content (AvgIpc) is 2.78. The second-order valence-electron chi connectivity index (χ2n) is 5.11. The van der Waals surface area contributed by atoms with Gasteiger partial charge in [-0.15, -0.1) is 0 Å². The number of aliphatic imine (C=N–C) groups is 1. The SMILES string of the molecule is OCC1=C(Br)N=C(Cl)[N+]1(c1ccc(F)cc1Cl)c1c(F)cccc1F.